The van der Waals surface area contributed by atoms with E-state index in [-0.39, 0.29) is 5.91 Å². The Labute approximate surface area is 113 Å². The number of amides is 1. The van der Waals surface area contributed by atoms with Gasteiger partial charge in [0.05, 0.1) is 0 Å². The summed E-state index contributed by atoms with van der Waals surface area (Å²) in [5.74, 6) is 0.204. The molecular formula is C14H20N4O. The summed E-state index contributed by atoms with van der Waals surface area (Å²) in [4.78, 5) is 24.3. The van der Waals surface area contributed by atoms with Crippen LogP contribution in [0.15, 0.2) is 12.5 Å². The Kier molecular flexibility index (Phi) is 3.46. The molecule has 0 saturated carbocycles. The quantitative estimate of drug-likeness (QED) is 0.751. The topological polar surface area (TPSA) is 49.3 Å². The zero-order chi connectivity index (χ0) is 13.2. The third-order valence-electron chi connectivity index (χ3n) is 4.32. The molecule has 1 amide bonds. The van der Waals surface area contributed by atoms with Gasteiger partial charge in [-0.25, -0.2) is 9.97 Å². The van der Waals surface area contributed by atoms with Crippen molar-refractivity contribution in [1.82, 2.24) is 19.8 Å². The molecular weight excluding hydrogens is 240 g/mol. The fourth-order valence-corrected chi connectivity index (χ4v) is 3.15. The minimum atomic E-state index is 0.204. The summed E-state index contributed by atoms with van der Waals surface area (Å²) < 4.78 is 0. The van der Waals surface area contributed by atoms with Gasteiger partial charge in [-0.2, -0.15) is 0 Å². The highest BCUT2D eigenvalue weighted by Crippen LogP contribution is 2.23. The van der Waals surface area contributed by atoms with Crippen LogP contribution in [0.1, 0.15) is 31.0 Å². The first-order valence-corrected chi connectivity index (χ1v) is 7.01. The highest BCUT2D eigenvalue weighted by Gasteiger charge is 2.28. The number of fused-ring (bicyclic) bond motifs is 1. The summed E-state index contributed by atoms with van der Waals surface area (Å²) in [6.45, 7) is 5.49. The molecule has 0 atom stereocenters. The Morgan fingerprint density at radius 1 is 1.32 bits per heavy atom. The van der Waals surface area contributed by atoms with Gasteiger partial charge in [0.1, 0.15) is 6.33 Å². The molecule has 1 aromatic rings. The Hall–Kier alpha value is -1.49. The minimum Gasteiger partial charge on any atom is -0.343 e. The molecule has 3 rings (SSSR count). The Morgan fingerprint density at radius 2 is 2.11 bits per heavy atom. The van der Waals surface area contributed by atoms with Gasteiger partial charge in [-0.15, -0.1) is 0 Å². The van der Waals surface area contributed by atoms with E-state index in [0.29, 0.717) is 6.04 Å². The molecule has 0 bridgehead atoms. The van der Waals surface area contributed by atoms with Crippen molar-refractivity contribution in [1.29, 1.82) is 0 Å². The fraction of sp³-hybridized carbons (Fsp3) is 0.643. The lowest BCUT2D eigenvalue weighted by Gasteiger charge is -2.40. The van der Waals surface area contributed by atoms with E-state index in [1.807, 2.05) is 11.1 Å². The van der Waals surface area contributed by atoms with Crippen molar-refractivity contribution in [3.05, 3.63) is 23.8 Å². The monoisotopic (exact) mass is 260 g/mol. The molecule has 0 N–H and O–H groups in total. The third-order valence-corrected chi connectivity index (χ3v) is 4.32. The van der Waals surface area contributed by atoms with Gasteiger partial charge in [-0.05, 0) is 12.8 Å². The van der Waals surface area contributed by atoms with Gasteiger partial charge >= 0.3 is 0 Å². The van der Waals surface area contributed by atoms with Crippen molar-refractivity contribution in [2.75, 3.05) is 19.6 Å². The van der Waals surface area contributed by atoms with E-state index in [9.17, 15) is 4.79 Å². The Bertz CT molecular complexity index is 468. The first-order valence-electron chi connectivity index (χ1n) is 7.01. The number of aromatic nitrogens is 2. The van der Waals surface area contributed by atoms with Crippen LogP contribution in [-0.4, -0.2) is 51.4 Å². The maximum absolute atomic E-state index is 11.3. The lowest BCUT2D eigenvalue weighted by atomic mass is 9.99. The predicted molar refractivity (Wildman–Crippen MR) is 71.4 cm³/mol. The van der Waals surface area contributed by atoms with Crippen LogP contribution in [0.4, 0.5) is 0 Å². The number of piperidine rings is 1. The Balaban J connectivity index is 1.62. The third kappa shape index (κ3) is 2.61. The first kappa shape index (κ1) is 12.5. The van der Waals surface area contributed by atoms with Crippen molar-refractivity contribution >= 4 is 5.91 Å². The number of hydrogen-bond acceptors (Lipinski definition) is 4. The minimum absolute atomic E-state index is 0.204. The van der Waals surface area contributed by atoms with Gasteiger partial charge in [0.2, 0.25) is 5.91 Å². The van der Waals surface area contributed by atoms with Crippen molar-refractivity contribution < 1.29 is 4.79 Å². The first-order chi connectivity index (χ1) is 9.24. The molecule has 0 aromatic carbocycles. The second-order valence-corrected chi connectivity index (χ2v) is 5.45. The van der Waals surface area contributed by atoms with Crippen LogP contribution in [0.2, 0.25) is 0 Å². The summed E-state index contributed by atoms with van der Waals surface area (Å²) >= 11 is 0. The highest BCUT2D eigenvalue weighted by atomic mass is 16.2. The van der Waals surface area contributed by atoms with Crippen molar-refractivity contribution in [3.63, 3.8) is 0 Å². The van der Waals surface area contributed by atoms with Gasteiger partial charge in [-0.3, -0.25) is 9.69 Å². The van der Waals surface area contributed by atoms with Gasteiger partial charge in [0.15, 0.2) is 0 Å². The standard InChI is InChI=1S/C14H20N4O/c1-11(19)17-5-2-13(3-6-17)18-7-4-14-12(9-18)8-15-10-16-14/h8,10,13H,2-7,9H2,1H3. The molecule has 3 heterocycles. The largest absolute Gasteiger partial charge is 0.343 e. The number of likely N-dealkylation sites (tertiary alicyclic amines) is 1. The number of rotatable bonds is 1. The van der Waals surface area contributed by atoms with Crippen LogP contribution >= 0.6 is 0 Å². The van der Waals surface area contributed by atoms with E-state index >= 15 is 0 Å². The normalized spacial score (nSPS) is 21.2. The number of nitrogens with zero attached hydrogens (tertiary/aromatic N) is 4. The van der Waals surface area contributed by atoms with E-state index in [1.165, 1.54) is 11.3 Å². The van der Waals surface area contributed by atoms with Crippen LogP contribution in [-0.2, 0) is 17.8 Å². The molecule has 5 heteroatoms. The lowest BCUT2D eigenvalue weighted by Crippen LogP contribution is -2.47. The van der Waals surface area contributed by atoms with Crippen molar-refractivity contribution in [2.45, 2.75) is 38.8 Å². The van der Waals surface area contributed by atoms with Gasteiger partial charge in [-0.1, -0.05) is 0 Å². The number of carbonyl (C=O) groups excluding carboxylic acids is 1. The van der Waals surface area contributed by atoms with E-state index in [0.717, 1.165) is 45.4 Å². The molecule has 1 aromatic heterocycles. The van der Waals surface area contributed by atoms with Crippen LogP contribution < -0.4 is 0 Å². The molecule has 5 nitrogen and oxygen atoms in total. The summed E-state index contributed by atoms with van der Waals surface area (Å²) in [6.07, 6.45) is 6.77. The Morgan fingerprint density at radius 3 is 2.84 bits per heavy atom. The van der Waals surface area contributed by atoms with Crippen molar-refractivity contribution in [3.8, 4) is 0 Å². The molecule has 1 fully saturated rings. The van der Waals surface area contributed by atoms with Gasteiger partial charge in [0.25, 0.3) is 0 Å². The second-order valence-electron chi connectivity index (χ2n) is 5.45. The van der Waals surface area contributed by atoms with Crippen LogP contribution in [0, 0.1) is 0 Å². The molecule has 102 valence electrons. The molecule has 1 saturated heterocycles. The van der Waals surface area contributed by atoms with E-state index < -0.39 is 0 Å². The van der Waals surface area contributed by atoms with Crippen LogP contribution in [0.3, 0.4) is 0 Å². The molecule has 2 aliphatic heterocycles. The molecule has 0 radical (unpaired) electrons. The predicted octanol–water partition coefficient (Wildman–Crippen LogP) is 0.846. The van der Waals surface area contributed by atoms with Crippen molar-refractivity contribution in [2.24, 2.45) is 0 Å². The number of hydrogen-bond donors (Lipinski definition) is 0. The molecule has 0 spiro atoms. The van der Waals surface area contributed by atoms with E-state index in [4.69, 9.17) is 0 Å². The average molecular weight is 260 g/mol. The maximum atomic E-state index is 11.3. The SMILES string of the molecule is CC(=O)N1CCC(N2CCc3ncncc3C2)CC1. The van der Waals surface area contributed by atoms with Crippen LogP contribution in [0.25, 0.3) is 0 Å². The summed E-state index contributed by atoms with van der Waals surface area (Å²) in [5.41, 5.74) is 2.47. The molecule has 19 heavy (non-hydrogen) atoms. The van der Waals surface area contributed by atoms with E-state index in [2.05, 4.69) is 14.9 Å². The highest BCUT2D eigenvalue weighted by molar-refractivity contribution is 5.73. The number of carbonyl (C=O) groups is 1. The zero-order valence-corrected chi connectivity index (χ0v) is 11.4. The van der Waals surface area contributed by atoms with E-state index in [1.54, 1.807) is 13.3 Å². The summed E-state index contributed by atoms with van der Waals surface area (Å²) in [5, 5.41) is 0. The second kappa shape index (κ2) is 5.25. The molecule has 0 aliphatic carbocycles. The summed E-state index contributed by atoms with van der Waals surface area (Å²) in [7, 11) is 0. The zero-order valence-electron chi connectivity index (χ0n) is 11.4. The summed E-state index contributed by atoms with van der Waals surface area (Å²) in [6, 6.07) is 0.601. The smallest absolute Gasteiger partial charge is 0.219 e. The lowest BCUT2D eigenvalue weighted by molar-refractivity contribution is -0.130. The average Bonchev–Trinajstić information content (AvgIpc) is 2.47. The maximum Gasteiger partial charge on any atom is 0.219 e. The van der Waals surface area contributed by atoms with Gasteiger partial charge < -0.3 is 4.90 Å². The van der Waals surface area contributed by atoms with Crippen LogP contribution in [0.5, 0.6) is 0 Å². The molecule has 0 unspecified atom stereocenters. The van der Waals surface area contributed by atoms with Gasteiger partial charge in [0, 0.05) is 63.0 Å². The fourth-order valence-electron chi connectivity index (χ4n) is 3.15. The molecule has 2 aliphatic rings.